The van der Waals surface area contributed by atoms with Gasteiger partial charge in [-0.25, -0.2) is 4.98 Å². The standard InChI is InChI=1S/C40H38N4OS/c45-36-34-35(42-38(43-36)46-26-27-13-5-1-6-14-27)44(37(41-34)39-24-28-21-29(25-39)23-33(39)22-28)40(30-15-7-2-8-16-30,31-17-9-3-10-18-31)32-19-11-4-12-20-32/h1-20,28-29,33,37,41H,21-26H2,(H,42,43,45). The zero-order valence-corrected chi connectivity index (χ0v) is 26.6. The summed E-state index contributed by atoms with van der Waals surface area (Å²) in [7, 11) is 0. The van der Waals surface area contributed by atoms with Crippen LogP contribution in [0.15, 0.2) is 131 Å². The zero-order chi connectivity index (χ0) is 30.7. The molecule has 0 spiro atoms. The summed E-state index contributed by atoms with van der Waals surface area (Å²) < 4.78 is 0. The first kappa shape index (κ1) is 28.0. The lowest BCUT2D eigenvalue weighted by Crippen LogP contribution is -2.59. The van der Waals surface area contributed by atoms with Crippen LogP contribution in [0, 0.1) is 23.2 Å². The average Bonchev–Trinajstić information content (AvgIpc) is 3.70. The van der Waals surface area contributed by atoms with Gasteiger partial charge >= 0.3 is 0 Å². The molecule has 1 aliphatic heterocycles. The van der Waals surface area contributed by atoms with E-state index in [0.717, 1.165) is 23.4 Å². The van der Waals surface area contributed by atoms with Crippen LogP contribution in [-0.4, -0.2) is 16.1 Å². The fraction of sp³-hybridized carbons (Fsp3) is 0.300. The van der Waals surface area contributed by atoms with Gasteiger partial charge in [0, 0.05) is 11.2 Å². The normalized spacial score (nSPS) is 25.9. The summed E-state index contributed by atoms with van der Waals surface area (Å²) in [5, 5.41) is 4.57. The third kappa shape index (κ3) is 4.22. The Morgan fingerprint density at radius 3 is 1.80 bits per heavy atom. The maximum Gasteiger partial charge on any atom is 0.277 e. The van der Waals surface area contributed by atoms with Crippen molar-refractivity contribution in [1.29, 1.82) is 0 Å². The number of nitrogens with one attached hydrogen (secondary N) is 2. The van der Waals surface area contributed by atoms with Gasteiger partial charge < -0.3 is 10.2 Å². The highest BCUT2D eigenvalue weighted by Crippen LogP contribution is 2.69. The van der Waals surface area contributed by atoms with Crippen LogP contribution >= 0.6 is 11.8 Å². The predicted molar refractivity (Wildman–Crippen MR) is 186 cm³/mol. The molecule has 5 aliphatic rings. The molecular weight excluding hydrogens is 585 g/mol. The number of benzene rings is 4. The molecule has 4 saturated carbocycles. The van der Waals surface area contributed by atoms with Crippen molar-refractivity contribution in [2.45, 2.75) is 54.7 Å². The molecule has 2 heterocycles. The van der Waals surface area contributed by atoms with Crippen molar-refractivity contribution < 1.29 is 0 Å². The maximum atomic E-state index is 14.2. The highest BCUT2D eigenvalue weighted by Gasteiger charge is 2.66. The quantitative estimate of drug-likeness (QED) is 0.103. The topological polar surface area (TPSA) is 61.0 Å². The Balaban J connectivity index is 1.30. The smallest absolute Gasteiger partial charge is 0.277 e. The highest BCUT2D eigenvalue weighted by atomic mass is 32.2. The van der Waals surface area contributed by atoms with Gasteiger partial charge in [-0.2, -0.15) is 0 Å². The second-order valence-electron chi connectivity index (χ2n) is 13.8. The van der Waals surface area contributed by atoms with Crippen molar-refractivity contribution in [3.05, 3.63) is 154 Å². The Morgan fingerprint density at radius 1 is 0.739 bits per heavy atom. The van der Waals surface area contributed by atoms with Gasteiger partial charge in [0.25, 0.3) is 5.56 Å². The third-order valence-electron chi connectivity index (χ3n) is 11.4. The van der Waals surface area contributed by atoms with Crippen molar-refractivity contribution in [3.63, 3.8) is 0 Å². The van der Waals surface area contributed by atoms with E-state index in [-0.39, 0.29) is 17.1 Å². The van der Waals surface area contributed by atoms with Gasteiger partial charge in [0.1, 0.15) is 17.4 Å². The van der Waals surface area contributed by atoms with Gasteiger partial charge in [-0.05, 0) is 72.1 Å². The largest absolute Gasteiger partial charge is 0.357 e. The minimum atomic E-state index is -0.733. The Kier molecular flexibility index (Phi) is 6.63. The van der Waals surface area contributed by atoms with E-state index >= 15 is 0 Å². The molecule has 3 unspecified atom stereocenters. The summed E-state index contributed by atoms with van der Waals surface area (Å²) in [5.74, 6) is 3.68. The van der Waals surface area contributed by atoms with Crippen molar-refractivity contribution in [2.75, 3.05) is 10.2 Å². The zero-order valence-electron chi connectivity index (χ0n) is 25.8. The van der Waals surface area contributed by atoms with E-state index < -0.39 is 5.54 Å². The fourth-order valence-electron chi connectivity index (χ4n) is 9.88. The van der Waals surface area contributed by atoms with Crippen LogP contribution in [0.1, 0.15) is 54.4 Å². The van der Waals surface area contributed by atoms with Crippen LogP contribution in [-0.2, 0) is 11.3 Å². The number of nitrogens with zero attached hydrogens (tertiary/aromatic N) is 2. The molecule has 0 amide bonds. The molecule has 230 valence electrons. The van der Waals surface area contributed by atoms with E-state index in [1.807, 2.05) is 6.07 Å². The number of aromatic nitrogens is 2. The number of anilines is 2. The Bertz CT molecular complexity index is 1800. The van der Waals surface area contributed by atoms with Crippen LogP contribution in [0.4, 0.5) is 11.5 Å². The van der Waals surface area contributed by atoms with Crippen LogP contribution in [0.2, 0.25) is 0 Å². The molecular formula is C40H38N4OS. The molecule has 6 heteroatoms. The lowest BCUT2D eigenvalue weighted by Gasteiger charge is -2.52. The Morgan fingerprint density at radius 2 is 1.26 bits per heavy atom. The first-order valence-electron chi connectivity index (χ1n) is 16.7. The molecule has 3 atom stereocenters. The van der Waals surface area contributed by atoms with E-state index in [1.54, 1.807) is 11.8 Å². The SMILES string of the molecule is O=c1[nH]c(SCc2ccccc2)nc2c1NC(C13CC4CC(CC1C4)C3)N2C(c1ccccc1)(c1ccccc1)c1ccccc1. The maximum absolute atomic E-state index is 14.2. The van der Waals surface area contributed by atoms with E-state index in [1.165, 1.54) is 54.4 Å². The van der Waals surface area contributed by atoms with Crippen LogP contribution in [0.25, 0.3) is 0 Å². The molecule has 0 radical (unpaired) electrons. The van der Waals surface area contributed by atoms with Crippen molar-refractivity contribution >= 4 is 23.3 Å². The molecule has 10 rings (SSSR count). The molecule has 4 aliphatic carbocycles. The molecule has 5 aromatic rings. The molecule has 4 fully saturated rings. The molecule has 46 heavy (non-hydrogen) atoms. The summed E-state index contributed by atoms with van der Waals surface area (Å²) >= 11 is 1.59. The molecule has 5 nitrogen and oxygen atoms in total. The molecule has 0 saturated heterocycles. The first-order chi connectivity index (χ1) is 22.6. The van der Waals surface area contributed by atoms with E-state index in [4.69, 9.17) is 4.98 Å². The Labute approximate surface area is 274 Å². The van der Waals surface area contributed by atoms with Gasteiger partial charge in [0.15, 0.2) is 11.0 Å². The summed E-state index contributed by atoms with van der Waals surface area (Å²) in [6.45, 7) is 0. The van der Waals surface area contributed by atoms with Crippen LogP contribution < -0.4 is 15.8 Å². The van der Waals surface area contributed by atoms with Gasteiger partial charge in [-0.15, -0.1) is 0 Å². The van der Waals surface area contributed by atoms with E-state index in [0.29, 0.717) is 16.8 Å². The summed E-state index contributed by atoms with van der Waals surface area (Å²) in [4.78, 5) is 25.3. The number of aromatic amines is 1. The summed E-state index contributed by atoms with van der Waals surface area (Å²) in [6.07, 6.45) is 6.30. The average molecular weight is 623 g/mol. The van der Waals surface area contributed by atoms with Crippen molar-refractivity contribution in [1.82, 2.24) is 9.97 Å². The van der Waals surface area contributed by atoms with Crippen molar-refractivity contribution in [2.24, 2.45) is 23.2 Å². The summed E-state index contributed by atoms with van der Waals surface area (Å²) in [5.41, 5.74) is 4.55. The van der Waals surface area contributed by atoms with Crippen LogP contribution in [0.3, 0.4) is 0 Å². The molecule has 2 N–H and O–H groups in total. The summed E-state index contributed by atoms with van der Waals surface area (Å²) in [6, 6.07) is 43.0. The first-order valence-corrected chi connectivity index (χ1v) is 17.7. The minimum absolute atomic E-state index is 0.0711. The third-order valence-corrected chi connectivity index (χ3v) is 12.3. The Hall–Kier alpha value is -4.29. The van der Waals surface area contributed by atoms with Crippen molar-refractivity contribution in [3.8, 4) is 0 Å². The number of rotatable bonds is 8. The minimum Gasteiger partial charge on any atom is -0.357 e. The second kappa shape index (κ2) is 10.9. The van der Waals surface area contributed by atoms with Crippen LogP contribution in [0.5, 0.6) is 0 Å². The molecule has 1 aromatic heterocycles. The number of hydrogen-bond acceptors (Lipinski definition) is 5. The van der Waals surface area contributed by atoms with Gasteiger partial charge in [-0.3, -0.25) is 9.78 Å². The highest BCUT2D eigenvalue weighted by molar-refractivity contribution is 7.98. The number of thioether (sulfide) groups is 1. The van der Waals surface area contributed by atoms with E-state index in [9.17, 15) is 4.79 Å². The fourth-order valence-corrected chi connectivity index (χ4v) is 10.7. The number of hydrogen-bond donors (Lipinski definition) is 2. The second-order valence-corrected chi connectivity index (χ2v) is 14.8. The van der Waals surface area contributed by atoms with Gasteiger partial charge in [-0.1, -0.05) is 133 Å². The monoisotopic (exact) mass is 622 g/mol. The molecule has 4 aromatic carbocycles. The van der Waals surface area contributed by atoms with Gasteiger partial charge in [0.2, 0.25) is 0 Å². The lowest BCUT2D eigenvalue weighted by molar-refractivity contribution is 0.157. The predicted octanol–water partition coefficient (Wildman–Crippen LogP) is 8.44. The lowest BCUT2D eigenvalue weighted by atomic mass is 9.69. The molecule has 4 bridgehead atoms. The number of fused-ring (bicyclic) bond motifs is 1. The van der Waals surface area contributed by atoms with Gasteiger partial charge in [0.05, 0.1) is 0 Å². The number of H-pyrrole nitrogens is 1. The van der Waals surface area contributed by atoms with E-state index in [2.05, 4.69) is 130 Å².